The number of anilines is 2. The van der Waals surface area contributed by atoms with Gasteiger partial charge in [0.05, 0.1) is 22.9 Å². The van der Waals surface area contributed by atoms with Gasteiger partial charge >= 0.3 is 0 Å². The fourth-order valence-corrected chi connectivity index (χ4v) is 3.36. The van der Waals surface area contributed by atoms with E-state index in [-0.39, 0.29) is 5.82 Å². The molecule has 4 aromatic rings. The van der Waals surface area contributed by atoms with Gasteiger partial charge in [0.1, 0.15) is 17.2 Å². The van der Waals surface area contributed by atoms with E-state index >= 15 is 0 Å². The van der Waals surface area contributed by atoms with Gasteiger partial charge in [-0.05, 0) is 17.7 Å². The average Bonchev–Trinajstić information content (AvgIpc) is 3.24. The lowest BCUT2D eigenvalue weighted by molar-refractivity contribution is 0.628. The summed E-state index contributed by atoms with van der Waals surface area (Å²) >= 11 is 1.48. The molecule has 0 aliphatic rings. The molecule has 0 aliphatic heterocycles. The number of rotatable bonds is 5. The number of halogens is 1. The molecule has 0 spiro atoms. The highest BCUT2D eigenvalue weighted by molar-refractivity contribution is 7.18. The molecular weight excluding hydrogens is 339 g/mol. The number of fused-ring (bicyclic) bond motifs is 1. The molecule has 3 heterocycles. The van der Waals surface area contributed by atoms with Crippen LogP contribution in [0.25, 0.3) is 21.5 Å². The van der Waals surface area contributed by atoms with Gasteiger partial charge in [0.2, 0.25) is 0 Å². The highest BCUT2D eigenvalue weighted by atomic mass is 32.1. The molecule has 0 saturated carbocycles. The Morgan fingerprint density at radius 2 is 1.96 bits per heavy atom. The molecule has 3 N–H and O–H groups in total. The minimum atomic E-state index is -0.252. The summed E-state index contributed by atoms with van der Waals surface area (Å²) in [5, 5.41) is 3.93. The summed E-state index contributed by atoms with van der Waals surface area (Å²) in [5.74, 6) is 0.435. The Kier molecular flexibility index (Phi) is 4.12. The normalized spacial score (nSPS) is 11.1. The van der Waals surface area contributed by atoms with E-state index in [1.54, 1.807) is 30.9 Å². The maximum absolute atomic E-state index is 13.0. The van der Waals surface area contributed by atoms with Crippen LogP contribution in [-0.2, 0) is 6.54 Å². The van der Waals surface area contributed by atoms with Gasteiger partial charge in [-0.3, -0.25) is 0 Å². The molecule has 0 fully saturated rings. The molecule has 1 aromatic carbocycles. The van der Waals surface area contributed by atoms with Gasteiger partial charge in [-0.25, -0.2) is 19.3 Å². The average molecular weight is 354 g/mol. The minimum Gasteiger partial charge on any atom is -0.329 e. The third-order valence-corrected chi connectivity index (χ3v) is 4.71. The Labute approximate surface area is 147 Å². The molecule has 0 amide bonds. The van der Waals surface area contributed by atoms with Crippen molar-refractivity contribution in [3.05, 3.63) is 54.9 Å². The van der Waals surface area contributed by atoms with E-state index in [1.165, 1.54) is 23.5 Å². The van der Waals surface area contributed by atoms with Crippen LogP contribution in [0.5, 0.6) is 0 Å². The van der Waals surface area contributed by atoms with Crippen molar-refractivity contribution in [1.82, 2.24) is 19.5 Å². The number of hydrogen-bond acceptors (Lipinski definition) is 6. The van der Waals surface area contributed by atoms with Crippen LogP contribution in [0.4, 0.5) is 15.3 Å². The van der Waals surface area contributed by atoms with Crippen LogP contribution in [-0.4, -0.2) is 26.1 Å². The van der Waals surface area contributed by atoms with Gasteiger partial charge in [-0.2, -0.15) is 0 Å². The third kappa shape index (κ3) is 3.21. The summed E-state index contributed by atoms with van der Waals surface area (Å²) < 4.78 is 15.0. The van der Waals surface area contributed by atoms with Gasteiger partial charge in [0, 0.05) is 25.4 Å². The van der Waals surface area contributed by atoms with Crippen molar-refractivity contribution in [2.45, 2.75) is 6.54 Å². The van der Waals surface area contributed by atoms with Crippen molar-refractivity contribution in [3.63, 3.8) is 0 Å². The van der Waals surface area contributed by atoms with Gasteiger partial charge in [-0.15, -0.1) is 0 Å². The van der Waals surface area contributed by atoms with Crippen LogP contribution in [0.2, 0.25) is 0 Å². The first-order valence-electron chi connectivity index (χ1n) is 7.72. The largest absolute Gasteiger partial charge is 0.329 e. The fraction of sp³-hybridized carbons (Fsp3) is 0.118. The molecule has 0 atom stereocenters. The number of hydrogen-bond donors (Lipinski definition) is 2. The minimum absolute atomic E-state index is 0.252. The first kappa shape index (κ1) is 15.7. The maximum atomic E-state index is 13.0. The van der Waals surface area contributed by atoms with Gasteiger partial charge in [0.25, 0.3) is 0 Å². The molecule has 126 valence electrons. The lowest BCUT2D eigenvalue weighted by atomic mass is 10.2. The second-order valence-corrected chi connectivity index (χ2v) is 6.48. The number of nitrogens with zero attached hydrogens (tertiary/aromatic N) is 4. The summed E-state index contributed by atoms with van der Waals surface area (Å²) in [5.41, 5.74) is 8.35. The molecule has 0 radical (unpaired) electrons. The molecule has 0 aliphatic carbocycles. The number of thiazole rings is 1. The highest BCUT2D eigenvalue weighted by Crippen LogP contribution is 2.30. The number of nitrogens with two attached hydrogens (primary N) is 1. The van der Waals surface area contributed by atoms with Crippen molar-refractivity contribution < 1.29 is 4.39 Å². The summed E-state index contributed by atoms with van der Waals surface area (Å²) in [6.07, 6.45) is 5.25. The zero-order valence-electron chi connectivity index (χ0n) is 13.2. The number of benzene rings is 1. The van der Waals surface area contributed by atoms with Crippen molar-refractivity contribution in [2.75, 3.05) is 11.9 Å². The predicted octanol–water partition coefficient (Wildman–Crippen LogP) is 3.40. The van der Waals surface area contributed by atoms with E-state index in [4.69, 9.17) is 5.73 Å². The topological polar surface area (TPSA) is 81.7 Å². The lowest BCUT2D eigenvalue weighted by Gasteiger charge is -2.04. The maximum Gasteiger partial charge on any atom is 0.188 e. The SMILES string of the molecule is NCCn1cnc2cnc(Nc3ncc(-c4ccc(F)cc4)s3)cc21. The predicted molar refractivity (Wildman–Crippen MR) is 97.4 cm³/mol. The standard InChI is InChI=1S/C17H15FN6S/c18-12-3-1-11(2-4-12)15-9-21-17(25-15)23-16-7-14-13(8-20-16)22-10-24(14)6-5-19/h1-4,7-10H,5-6,19H2,(H,20,21,23). The highest BCUT2D eigenvalue weighted by Gasteiger charge is 2.08. The Morgan fingerprint density at radius 3 is 2.76 bits per heavy atom. The number of pyridine rings is 1. The van der Waals surface area contributed by atoms with Crippen LogP contribution in [0, 0.1) is 5.82 Å². The van der Waals surface area contributed by atoms with Crippen molar-refractivity contribution in [3.8, 4) is 10.4 Å². The molecule has 6 nitrogen and oxygen atoms in total. The molecule has 0 bridgehead atoms. The Morgan fingerprint density at radius 1 is 1.12 bits per heavy atom. The van der Waals surface area contributed by atoms with Gasteiger partial charge in [-0.1, -0.05) is 23.5 Å². The smallest absolute Gasteiger partial charge is 0.188 e. The fourth-order valence-electron chi connectivity index (χ4n) is 2.54. The van der Waals surface area contributed by atoms with E-state index in [1.807, 2.05) is 10.6 Å². The summed E-state index contributed by atoms with van der Waals surface area (Å²) in [7, 11) is 0. The van der Waals surface area contributed by atoms with Crippen LogP contribution < -0.4 is 11.1 Å². The Bertz CT molecular complexity index is 1010. The first-order chi connectivity index (χ1) is 12.2. The second kappa shape index (κ2) is 6.58. The van der Waals surface area contributed by atoms with E-state index in [2.05, 4.69) is 20.3 Å². The monoisotopic (exact) mass is 354 g/mol. The van der Waals surface area contributed by atoms with Crippen LogP contribution >= 0.6 is 11.3 Å². The zero-order chi connectivity index (χ0) is 17.2. The molecule has 0 saturated heterocycles. The molecular formula is C17H15FN6S. The van der Waals surface area contributed by atoms with E-state index in [9.17, 15) is 4.39 Å². The van der Waals surface area contributed by atoms with Crippen LogP contribution in [0.1, 0.15) is 0 Å². The molecule has 4 rings (SSSR count). The molecule has 8 heteroatoms. The molecule has 0 unspecified atom stereocenters. The van der Waals surface area contributed by atoms with E-state index in [0.717, 1.165) is 26.6 Å². The summed E-state index contributed by atoms with van der Waals surface area (Å²) in [6, 6.07) is 8.29. The van der Waals surface area contributed by atoms with Gasteiger partial charge in [0.15, 0.2) is 5.13 Å². The Hall–Kier alpha value is -2.84. The van der Waals surface area contributed by atoms with Crippen molar-refractivity contribution in [1.29, 1.82) is 0 Å². The third-order valence-electron chi connectivity index (χ3n) is 3.75. The number of nitrogens with one attached hydrogen (secondary N) is 1. The van der Waals surface area contributed by atoms with Gasteiger partial charge < -0.3 is 15.6 Å². The van der Waals surface area contributed by atoms with Crippen LogP contribution in [0.15, 0.2) is 49.1 Å². The Balaban J connectivity index is 1.59. The number of aromatic nitrogens is 4. The summed E-state index contributed by atoms with van der Waals surface area (Å²) in [4.78, 5) is 14.0. The van der Waals surface area contributed by atoms with Crippen molar-refractivity contribution >= 4 is 33.3 Å². The second-order valence-electron chi connectivity index (χ2n) is 5.45. The van der Waals surface area contributed by atoms with Crippen LogP contribution in [0.3, 0.4) is 0 Å². The number of imidazole rings is 1. The van der Waals surface area contributed by atoms with Crippen molar-refractivity contribution in [2.24, 2.45) is 5.73 Å². The first-order valence-corrected chi connectivity index (χ1v) is 8.54. The molecule has 25 heavy (non-hydrogen) atoms. The van der Waals surface area contributed by atoms with E-state index in [0.29, 0.717) is 18.9 Å². The lowest BCUT2D eigenvalue weighted by Crippen LogP contribution is -2.08. The zero-order valence-corrected chi connectivity index (χ0v) is 14.0. The molecule has 3 aromatic heterocycles. The summed E-state index contributed by atoms with van der Waals surface area (Å²) in [6.45, 7) is 1.25. The quantitative estimate of drug-likeness (QED) is 0.574. The van der Waals surface area contributed by atoms with E-state index < -0.39 is 0 Å².